The van der Waals surface area contributed by atoms with Crippen LogP contribution in [0.1, 0.15) is 39.2 Å². The second kappa shape index (κ2) is 15.2. The highest BCUT2D eigenvalue weighted by molar-refractivity contribution is 7.92. The Bertz CT molecular complexity index is 1410. The summed E-state index contributed by atoms with van der Waals surface area (Å²) in [6.45, 7) is 5.72. The molecule has 3 rings (SSSR count). The molecule has 1 unspecified atom stereocenters. The minimum Gasteiger partial charge on any atom is -0.497 e. The average Bonchev–Trinajstić information content (AvgIpc) is 2.99. The smallest absolute Gasteiger partial charge is 0.264 e. The molecule has 0 aliphatic heterocycles. The first kappa shape index (κ1) is 32.4. The fraction of sp³-hybridized carbons (Fsp3) is 0.355. The van der Waals surface area contributed by atoms with E-state index in [0.717, 1.165) is 34.8 Å². The lowest BCUT2D eigenvalue weighted by molar-refractivity contribution is -0.139. The molecule has 0 radical (unpaired) electrons. The summed E-state index contributed by atoms with van der Waals surface area (Å²) in [6.07, 6.45) is 1.67. The molecule has 0 spiro atoms. The van der Waals surface area contributed by atoms with Gasteiger partial charge in [0.15, 0.2) is 0 Å². The summed E-state index contributed by atoms with van der Waals surface area (Å²) >= 11 is 0. The monoisotopic (exact) mass is 599 g/mol. The third-order valence-corrected chi connectivity index (χ3v) is 8.41. The highest BCUT2D eigenvalue weighted by atomic mass is 32.2. The number of ether oxygens (including phenoxy) is 2. The molecule has 1 N–H and O–H groups in total. The predicted molar refractivity (Wildman–Crippen MR) is 159 cm³/mol. The van der Waals surface area contributed by atoms with Gasteiger partial charge in [0.1, 0.15) is 29.9 Å². The van der Waals surface area contributed by atoms with E-state index in [4.69, 9.17) is 9.47 Å². The Labute approximate surface area is 247 Å². The summed E-state index contributed by atoms with van der Waals surface area (Å²) in [5.74, 6) is -0.391. The standard InChI is InChI=1S/C31H38FN3O6S/c1-5-7-20-33-31(37)23(3)34(21-24-8-14-27(40-4)15-9-24)30(36)22-35(26-12-10-25(32)11-13-26)42(38,39)29-18-16-28(17-19-29)41-6-2/h8-19,23H,5-7,20-22H2,1-4H3,(H,33,37). The fourth-order valence-electron chi connectivity index (χ4n) is 4.18. The molecule has 0 fully saturated rings. The molecule has 0 heterocycles. The van der Waals surface area contributed by atoms with Crippen LogP contribution in [0.15, 0.2) is 77.7 Å². The largest absolute Gasteiger partial charge is 0.497 e. The van der Waals surface area contributed by atoms with Gasteiger partial charge in [-0.1, -0.05) is 25.5 Å². The number of amides is 2. The zero-order valence-corrected chi connectivity index (χ0v) is 25.2. The molecule has 226 valence electrons. The van der Waals surface area contributed by atoms with Crippen molar-refractivity contribution in [3.8, 4) is 11.5 Å². The van der Waals surface area contributed by atoms with E-state index in [0.29, 0.717) is 24.7 Å². The molecule has 0 saturated heterocycles. The molecule has 3 aromatic rings. The third kappa shape index (κ3) is 8.45. The molecular formula is C31H38FN3O6S. The second-order valence-electron chi connectivity index (χ2n) is 9.58. The van der Waals surface area contributed by atoms with Crippen molar-refractivity contribution in [1.29, 1.82) is 0 Å². The van der Waals surface area contributed by atoms with Crippen LogP contribution in [0.5, 0.6) is 11.5 Å². The van der Waals surface area contributed by atoms with E-state index in [2.05, 4.69) is 5.32 Å². The van der Waals surface area contributed by atoms with Gasteiger partial charge in [-0.15, -0.1) is 0 Å². The van der Waals surface area contributed by atoms with Crippen LogP contribution in [-0.4, -0.2) is 58.0 Å². The van der Waals surface area contributed by atoms with Crippen molar-refractivity contribution in [1.82, 2.24) is 10.2 Å². The summed E-state index contributed by atoms with van der Waals surface area (Å²) in [6, 6.07) is 16.8. The summed E-state index contributed by atoms with van der Waals surface area (Å²) in [4.78, 5) is 28.2. The van der Waals surface area contributed by atoms with Crippen LogP contribution in [-0.2, 0) is 26.2 Å². The zero-order valence-electron chi connectivity index (χ0n) is 24.4. The second-order valence-corrected chi connectivity index (χ2v) is 11.4. The van der Waals surface area contributed by atoms with Crippen LogP contribution in [0.4, 0.5) is 10.1 Å². The highest BCUT2D eigenvalue weighted by Crippen LogP contribution is 2.26. The average molecular weight is 600 g/mol. The van der Waals surface area contributed by atoms with Crippen molar-refractivity contribution in [2.75, 3.05) is 31.1 Å². The van der Waals surface area contributed by atoms with Crippen molar-refractivity contribution < 1.29 is 31.9 Å². The number of nitrogens with one attached hydrogen (secondary N) is 1. The number of carbonyl (C=O) groups excluding carboxylic acids is 2. The van der Waals surface area contributed by atoms with Gasteiger partial charge in [0.25, 0.3) is 10.0 Å². The minimum absolute atomic E-state index is 0.0472. The topological polar surface area (TPSA) is 105 Å². The molecule has 1 atom stereocenters. The SMILES string of the molecule is CCCCNC(=O)C(C)N(Cc1ccc(OC)cc1)C(=O)CN(c1ccc(F)cc1)S(=O)(=O)c1ccc(OCC)cc1. The number of unbranched alkanes of at least 4 members (excludes halogenated alkanes) is 1. The van der Waals surface area contributed by atoms with E-state index in [-0.39, 0.29) is 23.0 Å². The van der Waals surface area contributed by atoms with E-state index in [1.54, 1.807) is 38.3 Å². The molecule has 11 heteroatoms. The normalized spacial score (nSPS) is 11.8. The van der Waals surface area contributed by atoms with Crippen molar-refractivity contribution in [2.45, 2.75) is 51.1 Å². The zero-order chi connectivity index (χ0) is 30.7. The maximum atomic E-state index is 13.9. The Morgan fingerprint density at radius 2 is 1.55 bits per heavy atom. The van der Waals surface area contributed by atoms with E-state index >= 15 is 0 Å². The lowest BCUT2D eigenvalue weighted by atomic mass is 10.1. The third-order valence-electron chi connectivity index (χ3n) is 6.63. The number of halogens is 1. The number of hydrogen-bond acceptors (Lipinski definition) is 6. The Morgan fingerprint density at radius 3 is 2.12 bits per heavy atom. The summed E-state index contributed by atoms with van der Waals surface area (Å²) in [5, 5.41) is 2.85. The summed E-state index contributed by atoms with van der Waals surface area (Å²) in [5.41, 5.74) is 0.822. The minimum atomic E-state index is -4.28. The van der Waals surface area contributed by atoms with Crippen LogP contribution < -0.4 is 19.1 Å². The van der Waals surface area contributed by atoms with Crippen LogP contribution >= 0.6 is 0 Å². The molecule has 0 aromatic heterocycles. The molecule has 0 aliphatic carbocycles. The number of sulfonamides is 1. The molecule has 0 bridgehead atoms. The molecule has 42 heavy (non-hydrogen) atoms. The molecular weight excluding hydrogens is 561 g/mol. The van der Waals surface area contributed by atoms with Gasteiger partial charge in [0.05, 0.1) is 24.3 Å². The van der Waals surface area contributed by atoms with Crippen molar-refractivity contribution in [3.63, 3.8) is 0 Å². The van der Waals surface area contributed by atoms with Crippen LogP contribution in [0.2, 0.25) is 0 Å². The maximum Gasteiger partial charge on any atom is 0.264 e. The highest BCUT2D eigenvalue weighted by Gasteiger charge is 2.32. The number of hydrogen-bond donors (Lipinski definition) is 1. The van der Waals surface area contributed by atoms with Crippen molar-refractivity contribution in [2.24, 2.45) is 0 Å². The lowest BCUT2D eigenvalue weighted by Crippen LogP contribution is -2.51. The Morgan fingerprint density at radius 1 is 0.929 bits per heavy atom. The van der Waals surface area contributed by atoms with E-state index in [1.807, 2.05) is 13.8 Å². The number of carbonyl (C=O) groups is 2. The lowest BCUT2D eigenvalue weighted by Gasteiger charge is -2.32. The first-order valence-electron chi connectivity index (χ1n) is 13.8. The van der Waals surface area contributed by atoms with Gasteiger partial charge in [0.2, 0.25) is 11.8 Å². The molecule has 0 aliphatic rings. The predicted octanol–water partition coefficient (Wildman–Crippen LogP) is 4.76. The van der Waals surface area contributed by atoms with Gasteiger partial charge < -0.3 is 19.7 Å². The number of nitrogens with zero attached hydrogens (tertiary/aromatic N) is 2. The first-order valence-corrected chi connectivity index (χ1v) is 15.3. The van der Waals surface area contributed by atoms with Crippen LogP contribution in [0.3, 0.4) is 0 Å². The van der Waals surface area contributed by atoms with Gasteiger partial charge in [-0.3, -0.25) is 13.9 Å². The number of rotatable bonds is 15. The van der Waals surface area contributed by atoms with Gasteiger partial charge in [0, 0.05) is 13.1 Å². The number of benzene rings is 3. The van der Waals surface area contributed by atoms with Crippen molar-refractivity contribution >= 4 is 27.5 Å². The Hall–Kier alpha value is -4.12. The molecule has 9 nitrogen and oxygen atoms in total. The van der Waals surface area contributed by atoms with Gasteiger partial charge in [-0.2, -0.15) is 0 Å². The van der Waals surface area contributed by atoms with Crippen LogP contribution in [0, 0.1) is 5.82 Å². The maximum absolute atomic E-state index is 13.9. The number of methoxy groups -OCH3 is 1. The summed E-state index contributed by atoms with van der Waals surface area (Å²) in [7, 11) is -2.74. The molecule has 3 aromatic carbocycles. The quantitative estimate of drug-likeness (QED) is 0.253. The van der Waals surface area contributed by atoms with Gasteiger partial charge >= 0.3 is 0 Å². The number of anilines is 1. The Kier molecular flexibility index (Phi) is 11.7. The Balaban J connectivity index is 1.98. The first-order chi connectivity index (χ1) is 20.1. The van der Waals surface area contributed by atoms with Gasteiger partial charge in [-0.25, -0.2) is 12.8 Å². The fourth-order valence-corrected chi connectivity index (χ4v) is 5.60. The van der Waals surface area contributed by atoms with E-state index in [9.17, 15) is 22.4 Å². The molecule has 0 saturated carbocycles. The van der Waals surface area contributed by atoms with E-state index in [1.165, 1.54) is 41.3 Å². The summed E-state index contributed by atoms with van der Waals surface area (Å²) < 4.78 is 53.1. The van der Waals surface area contributed by atoms with Crippen molar-refractivity contribution in [3.05, 3.63) is 84.2 Å². The van der Waals surface area contributed by atoms with Crippen LogP contribution in [0.25, 0.3) is 0 Å². The molecule has 2 amide bonds. The van der Waals surface area contributed by atoms with E-state index < -0.39 is 34.3 Å². The van der Waals surface area contributed by atoms with Gasteiger partial charge in [-0.05, 0) is 86.5 Å².